The first-order chi connectivity index (χ1) is 8.95. The molecule has 0 radical (unpaired) electrons. The number of hydrogen-bond acceptors (Lipinski definition) is 2. The molecule has 114 valence electrons. The fourth-order valence-corrected chi connectivity index (χ4v) is 1.64. The highest BCUT2D eigenvalue weighted by Gasteiger charge is 2.40. The maximum Gasteiger partial charge on any atom is 0.574 e. The highest BCUT2D eigenvalue weighted by Crippen LogP contribution is 2.39. The van der Waals surface area contributed by atoms with Crippen LogP contribution in [0.15, 0.2) is 6.07 Å². The molecule has 0 saturated heterocycles. The van der Waals surface area contributed by atoms with Crippen molar-refractivity contribution >= 4 is 15.9 Å². The van der Waals surface area contributed by atoms with Crippen molar-refractivity contribution < 1.29 is 39.9 Å². The standard InChI is InChI=1S/C9H4BrF8NO/c10-2-3-1-4(8(13,14)15)5(6(11)12)19-7(3)20-9(16,17)18/h1,6H,2H2. The van der Waals surface area contributed by atoms with E-state index in [0.717, 1.165) is 0 Å². The van der Waals surface area contributed by atoms with Gasteiger partial charge in [-0.3, -0.25) is 0 Å². The number of aromatic nitrogens is 1. The molecular formula is C9H4BrF8NO. The minimum atomic E-state index is -5.26. The Labute approximate surface area is 114 Å². The molecule has 1 rings (SSSR count). The lowest BCUT2D eigenvalue weighted by Crippen LogP contribution is -2.21. The Morgan fingerprint density at radius 1 is 1.15 bits per heavy atom. The van der Waals surface area contributed by atoms with Crippen LogP contribution in [0.3, 0.4) is 0 Å². The molecule has 0 atom stereocenters. The first kappa shape index (κ1) is 16.9. The molecule has 2 nitrogen and oxygen atoms in total. The first-order valence-corrected chi connectivity index (χ1v) is 5.78. The number of pyridine rings is 1. The van der Waals surface area contributed by atoms with Gasteiger partial charge in [-0.15, -0.1) is 13.2 Å². The van der Waals surface area contributed by atoms with Crippen LogP contribution in [0.2, 0.25) is 0 Å². The molecule has 0 bridgehead atoms. The van der Waals surface area contributed by atoms with Gasteiger partial charge in [-0.2, -0.15) is 13.2 Å². The molecule has 0 fully saturated rings. The summed E-state index contributed by atoms with van der Waals surface area (Å²) in [5, 5.41) is -0.488. The smallest absolute Gasteiger partial charge is 0.388 e. The van der Waals surface area contributed by atoms with Crippen molar-refractivity contribution in [1.82, 2.24) is 4.98 Å². The maximum atomic E-state index is 12.5. The number of rotatable bonds is 3. The Morgan fingerprint density at radius 3 is 2.05 bits per heavy atom. The predicted molar refractivity (Wildman–Crippen MR) is 53.5 cm³/mol. The van der Waals surface area contributed by atoms with Crippen LogP contribution >= 0.6 is 15.9 Å². The van der Waals surface area contributed by atoms with Crippen molar-refractivity contribution in [2.24, 2.45) is 0 Å². The highest BCUT2D eigenvalue weighted by atomic mass is 79.9. The zero-order chi connectivity index (χ0) is 15.7. The summed E-state index contributed by atoms with van der Waals surface area (Å²) in [4.78, 5) is 2.65. The molecule has 1 aromatic heterocycles. The Kier molecular flexibility index (Phi) is 4.82. The topological polar surface area (TPSA) is 22.1 Å². The molecule has 11 heteroatoms. The lowest BCUT2D eigenvalue weighted by molar-refractivity contribution is -0.276. The van der Waals surface area contributed by atoms with Gasteiger partial charge in [0.05, 0.1) is 5.56 Å². The summed E-state index contributed by atoms with van der Waals surface area (Å²) in [6.07, 6.45) is -14.1. The van der Waals surface area contributed by atoms with Gasteiger partial charge in [0.1, 0.15) is 5.69 Å². The fourth-order valence-electron chi connectivity index (χ4n) is 1.24. The van der Waals surface area contributed by atoms with E-state index < -0.39 is 47.0 Å². The lowest BCUT2D eigenvalue weighted by Gasteiger charge is -2.17. The van der Waals surface area contributed by atoms with Gasteiger partial charge in [-0.1, -0.05) is 15.9 Å². The number of nitrogens with zero attached hydrogens (tertiary/aromatic N) is 1. The Balaban J connectivity index is 3.45. The maximum absolute atomic E-state index is 12.5. The molecule has 0 aromatic carbocycles. The average molecular weight is 374 g/mol. The summed E-state index contributed by atoms with van der Waals surface area (Å²) >= 11 is 2.64. The second-order valence-electron chi connectivity index (χ2n) is 3.37. The summed E-state index contributed by atoms with van der Waals surface area (Å²) in [5.74, 6) is -1.35. The van der Waals surface area contributed by atoms with Crippen molar-refractivity contribution in [3.8, 4) is 5.88 Å². The van der Waals surface area contributed by atoms with Crippen molar-refractivity contribution in [3.63, 3.8) is 0 Å². The van der Waals surface area contributed by atoms with Crippen LogP contribution in [-0.2, 0) is 11.5 Å². The number of halogens is 9. The molecule has 1 aromatic rings. The van der Waals surface area contributed by atoms with E-state index in [1.807, 2.05) is 0 Å². The molecule has 0 unspecified atom stereocenters. The molecule has 0 aliphatic heterocycles. The van der Waals surface area contributed by atoms with Crippen molar-refractivity contribution in [2.45, 2.75) is 24.3 Å². The van der Waals surface area contributed by atoms with Gasteiger partial charge in [0, 0.05) is 10.9 Å². The Morgan fingerprint density at radius 2 is 1.70 bits per heavy atom. The third-order valence-electron chi connectivity index (χ3n) is 1.96. The summed E-state index contributed by atoms with van der Waals surface area (Å²) in [7, 11) is 0. The van der Waals surface area contributed by atoms with Gasteiger partial charge in [0.25, 0.3) is 6.43 Å². The molecule has 0 amide bonds. The SMILES string of the molecule is FC(F)c1nc(OC(F)(F)F)c(CBr)cc1C(F)(F)F. The van der Waals surface area contributed by atoms with Gasteiger partial charge < -0.3 is 4.74 Å². The molecule has 1 heterocycles. The van der Waals surface area contributed by atoms with Gasteiger partial charge in [-0.25, -0.2) is 13.8 Å². The monoisotopic (exact) mass is 373 g/mol. The van der Waals surface area contributed by atoms with Crippen molar-refractivity contribution in [2.75, 3.05) is 0 Å². The van der Waals surface area contributed by atoms with E-state index in [4.69, 9.17) is 0 Å². The molecule has 20 heavy (non-hydrogen) atoms. The number of alkyl halides is 9. The normalized spacial score (nSPS) is 12.9. The van der Waals surface area contributed by atoms with Crippen LogP contribution in [0.25, 0.3) is 0 Å². The van der Waals surface area contributed by atoms with E-state index >= 15 is 0 Å². The molecular weight excluding hydrogens is 370 g/mol. The zero-order valence-corrected chi connectivity index (χ0v) is 10.7. The Hall–Kier alpha value is -1.13. The van der Waals surface area contributed by atoms with E-state index in [9.17, 15) is 35.1 Å². The molecule has 0 spiro atoms. The van der Waals surface area contributed by atoms with E-state index in [1.54, 1.807) is 0 Å². The number of hydrogen-bond donors (Lipinski definition) is 0. The van der Waals surface area contributed by atoms with Crippen LogP contribution in [-0.4, -0.2) is 11.3 Å². The summed E-state index contributed by atoms with van der Waals surface area (Å²) in [5.41, 5.74) is -4.28. The summed E-state index contributed by atoms with van der Waals surface area (Å²) in [6.45, 7) is 0. The van der Waals surface area contributed by atoms with Gasteiger partial charge in [0.15, 0.2) is 0 Å². The van der Waals surface area contributed by atoms with Crippen LogP contribution in [0, 0.1) is 0 Å². The van der Waals surface area contributed by atoms with E-state index in [-0.39, 0.29) is 6.07 Å². The van der Waals surface area contributed by atoms with E-state index in [0.29, 0.717) is 0 Å². The van der Waals surface area contributed by atoms with E-state index in [1.165, 1.54) is 0 Å². The van der Waals surface area contributed by atoms with Crippen LogP contribution in [0.1, 0.15) is 23.2 Å². The third-order valence-corrected chi connectivity index (χ3v) is 2.56. The average Bonchev–Trinajstić information content (AvgIpc) is 2.24. The predicted octanol–water partition coefficient (Wildman–Crippen LogP) is 4.83. The first-order valence-electron chi connectivity index (χ1n) is 4.66. The van der Waals surface area contributed by atoms with E-state index in [2.05, 4.69) is 25.7 Å². The minimum absolute atomic E-state index is 0.143. The van der Waals surface area contributed by atoms with Crippen LogP contribution < -0.4 is 4.74 Å². The molecule has 0 saturated carbocycles. The van der Waals surface area contributed by atoms with Gasteiger partial charge in [0.2, 0.25) is 5.88 Å². The summed E-state index contributed by atoms with van der Waals surface area (Å²) < 4.78 is 102. The second-order valence-corrected chi connectivity index (χ2v) is 3.93. The highest BCUT2D eigenvalue weighted by molar-refractivity contribution is 9.08. The lowest BCUT2D eigenvalue weighted by atomic mass is 10.1. The van der Waals surface area contributed by atoms with Gasteiger partial charge >= 0.3 is 12.5 Å². The minimum Gasteiger partial charge on any atom is -0.388 e. The number of ether oxygens (including phenoxy) is 1. The zero-order valence-electron chi connectivity index (χ0n) is 9.12. The van der Waals surface area contributed by atoms with Crippen LogP contribution in [0.4, 0.5) is 35.1 Å². The quantitative estimate of drug-likeness (QED) is 0.559. The van der Waals surface area contributed by atoms with Crippen molar-refractivity contribution in [1.29, 1.82) is 0 Å². The molecule has 0 aliphatic rings. The third kappa shape index (κ3) is 4.18. The molecule has 0 N–H and O–H groups in total. The molecule has 0 aliphatic carbocycles. The van der Waals surface area contributed by atoms with Crippen LogP contribution in [0.5, 0.6) is 5.88 Å². The summed E-state index contributed by atoms with van der Waals surface area (Å²) in [6, 6.07) is 0.143. The largest absolute Gasteiger partial charge is 0.574 e. The van der Waals surface area contributed by atoms with Crippen molar-refractivity contribution in [3.05, 3.63) is 22.9 Å². The van der Waals surface area contributed by atoms with Gasteiger partial charge in [-0.05, 0) is 6.07 Å². The fraction of sp³-hybridized carbons (Fsp3) is 0.444. The Bertz CT molecular complexity index is 484. The second kappa shape index (κ2) is 5.70.